The minimum absolute atomic E-state index is 0.0466. The molecule has 0 amide bonds. The molecule has 0 aliphatic carbocycles. The second-order valence-corrected chi connectivity index (χ2v) is 10.4. The summed E-state index contributed by atoms with van der Waals surface area (Å²) in [6.07, 6.45) is 1.01. The molecule has 1 fully saturated rings. The maximum atomic E-state index is 15.7. The quantitative estimate of drug-likeness (QED) is 0.114. The van der Waals surface area contributed by atoms with E-state index in [1.807, 2.05) is 0 Å². The number of carbonyl (C=O) groups is 1. The van der Waals surface area contributed by atoms with Crippen molar-refractivity contribution in [1.29, 1.82) is 0 Å². The van der Waals surface area contributed by atoms with Crippen LogP contribution >= 0.6 is 35.1 Å². The van der Waals surface area contributed by atoms with Crippen LogP contribution in [0.1, 0.15) is 12.0 Å². The van der Waals surface area contributed by atoms with Gasteiger partial charge in [-0.25, -0.2) is 9.37 Å². The predicted molar refractivity (Wildman–Crippen MR) is 145 cm³/mol. The molecule has 0 bridgehead atoms. The molecule has 0 spiro atoms. The zero-order valence-corrected chi connectivity index (χ0v) is 23.2. The van der Waals surface area contributed by atoms with E-state index in [4.69, 9.17) is 37.4 Å². The number of aromatic nitrogens is 1. The summed E-state index contributed by atoms with van der Waals surface area (Å²) in [6, 6.07) is 11.2. The average molecular weight is 584 g/mol. The SMILES string of the molecule is COc1ccc(CN(Sc2c(Cl)cc(N3CC(CC=O)(OC)C3)c(Cl)c2F)c2cccc(F)n2)c(OC)c1. The van der Waals surface area contributed by atoms with Crippen LogP contribution in [0.2, 0.25) is 10.0 Å². The van der Waals surface area contributed by atoms with Crippen LogP contribution in [0.15, 0.2) is 47.4 Å². The minimum Gasteiger partial charge on any atom is -0.497 e. The molecule has 0 atom stereocenters. The van der Waals surface area contributed by atoms with E-state index in [1.54, 1.807) is 46.6 Å². The van der Waals surface area contributed by atoms with Crippen LogP contribution in [0.5, 0.6) is 11.5 Å². The molecule has 0 saturated carbocycles. The minimum atomic E-state index is -0.729. The normalized spacial score (nSPS) is 14.1. The molecule has 4 rings (SSSR count). The molecule has 2 heterocycles. The molecule has 202 valence electrons. The third-order valence-electron chi connectivity index (χ3n) is 6.25. The Balaban J connectivity index is 1.67. The zero-order valence-electron chi connectivity index (χ0n) is 20.8. The van der Waals surface area contributed by atoms with Crippen molar-refractivity contribution in [2.24, 2.45) is 0 Å². The fraction of sp³-hybridized carbons (Fsp3) is 0.308. The van der Waals surface area contributed by atoms with Gasteiger partial charge in [-0.3, -0.25) is 4.31 Å². The Morgan fingerprint density at radius 1 is 1.13 bits per heavy atom. The highest BCUT2D eigenvalue weighted by atomic mass is 35.5. The molecular weight excluding hydrogens is 559 g/mol. The number of aldehydes is 1. The van der Waals surface area contributed by atoms with Gasteiger partial charge in [0, 0.05) is 38.2 Å². The van der Waals surface area contributed by atoms with Crippen molar-refractivity contribution >= 4 is 52.9 Å². The number of carbonyl (C=O) groups excluding carboxylic acids is 1. The molecule has 12 heteroatoms. The van der Waals surface area contributed by atoms with Gasteiger partial charge in [0.1, 0.15) is 34.2 Å². The number of benzene rings is 2. The number of hydrogen-bond donors (Lipinski definition) is 0. The van der Waals surface area contributed by atoms with E-state index in [1.165, 1.54) is 26.4 Å². The Labute approximate surface area is 233 Å². The molecule has 1 saturated heterocycles. The first-order valence-electron chi connectivity index (χ1n) is 11.4. The average Bonchev–Trinajstić information content (AvgIpc) is 2.90. The van der Waals surface area contributed by atoms with Gasteiger partial charge in [0.05, 0.1) is 36.4 Å². The van der Waals surface area contributed by atoms with Crippen molar-refractivity contribution in [3.05, 3.63) is 69.8 Å². The van der Waals surface area contributed by atoms with Crippen molar-refractivity contribution in [2.45, 2.75) is 23.5 Å². The molecule has 1 aromatic heterocycles. The van der Waals surface area contributed by atoms with Crippen LogP contribution in [0.4, 0.5) is 20.3 Å². The fourth-order valence-electron chi connectivity index (χ4n) is 4.14. The molecule has 1 aliphatic heterocycles. The maximum absolute atomic E-state index is 15.7. The summed E-state index contributed by atoms with van der Waals surface area (Å²) < 4.78 is 47.6. The van der Waals surface area contributed by atoms with Gasteiger partial charge in [0.25, 0.3) is 0 Å². The summed E-state index contributed by atoms with van der Waals surface area (Å²) in [4.78, 5) is 16.8. The van der Waals surface area contributed by atoms with Crippen LogP contribution in [-0.2, 0) is 16.1 Å². The second kappa shape index (κ2) is 11.9. The van der Waals surface area contributed by atoms with Gasteiger partial charge in [-0.15, -0.1) is 0 Å². The molecule has 0 N–H and O–H groups in total. The molecule has 0 unspecified atom stereocenters. The predicted octanol–water partition coefficient (Wildman–Crippen LogP) is 6.19. The fourth-order valence-corrected chi connectivity index (χ4v) is 5.70. The van der Waals surface area contributed by atoms with E-state index < -0.39 is 17.4 Å². The van der Waals surface area contributed by atoms with E-state index in [2.05, 4.69) is 4.98 Å². The molecule has 0 radical (unpaired) electrons. The molecule has 1 aliphatic rings. The van der Waals surface area contributed by atoms with Crippen LogP contribution in [0.25, 0.3) is 0 Å². The van der Waals surface area contributed by atoms with E-state index >= 15 is 4.39 Å². The first-order chi connectivity index (χ1) is 18.2. The van der Waals surface area contributed by atoms with Crippen LogP contribution in [0, 0.1) is 11.8 Å². The lowest BCUT2D eigenvalue weighted by atomic mass is 9.90. The smallest absolute Gasteiger partial charge is 0.214 e. The molecule has 38 heavy (non-hydrogen) atoms. The topological polar surface area (TPSA) is 64.1 Å². The van der Waals surface area contributed by atoms with Gasteiger partial charge in [0.15, 0.2) is 5.82 Å². The van der Waals surface area contributed by atoms with Gasteiger partial charge < -0.3 is 23.9 Å². The van der Waals surface area contributed by atoms with Crippen molar-refractivity contribution < 1.29 is 27.8 Å². The largest absolute Gasteiger partial charge is 0.497 e. The standard InChI is InChI=1S/C26H25Cl2F2N3O4S/c1-35-17-8-7-16(20(11-17)36-2)13-33(22-6-4-5-21(29)31-22)38-25-18(27)12-19(23(28)24(25)30)32-14-26(15-32,37-3)9-10-34/h4-8,10-12H,9,13-15H2,1-3H3. The number of methoxy groups -OCH3 is 3. The lowest BCUT2D eigenvalue weighted by Gasteiger charge is -2.49. The van der Waals surface area contributed by atoms with Gasteiger partial charge in [0.2, 0.25) is 5.95 Å². The lowest BCUT2D eigenvalue weighted by molar-refractivity contribution is -0.115. The Morgan fingerprint density at radius 2 is 1.89 bits per heavy atom. The van der Waals surface area contributed by atoms with E-state index in [0.29, 0.717) is 30.3 Å². The summed E-state index contributed by atoms with van der Waals surface area (Å²) >= 11 is 14.0. The Hall–Kier alpha value is -2.79. The lowest BCUT2D eigenvalue weighted by Crippen LogP contribution is -2.63. The van der Waals surface area contributed by atoms with Gasteiger partial charge in [-0.05, 0) is 42.3 Å². The molecule has 3 aromatic rings. The van der Waals surface area contributed by atoms with Crippen molar-refractivity contribution in [2.75, 3.05) is 43.6 Å². The highest BCUT2D eigenvalue weighted by molar-refractivity contribution is 8.00. The number of hydrogen-bond acceptors (Lipinski definition) is 8. The second-order valence-electron chi connectivity index (χ2n) is 8.57. The van der Waals surface area contributed by atoms with Crippen molar-refractivity contribution in [3.63, 3.8) is 0 Å². The highest BCUT2D eigenvalue weighted by Crippen LogP contribution is 2.45. The third kappa shape index (κ3) is 5.78. The van der Waals surface area contributed by atoms with Gasteiger partial charge in [-0.2, -0.15) is 4.39 Å². The number of rotatable bonds is 11. The third-order valence-corrected chi connectivity index (χ3v) is 8.14. The summed E-state index contributed by atoms with van der Waals surface area (Å²) in [5.41, 5.74) is 0.473. The Bertz CT molecular complexity index is 1330. The Kier molecular flexibility index (Phi) is 8.87. The van der Waals surface area contributed by atoms with Gasteiger partial charge >= 0.3 is 0 Å². The zero-order chi connectivity index (χ0) is 27.4. The first-order valence-corrected chi connectivity index (χ1v) is 13.0. The number of anilines is 2. The van der Waals surface area contributed by atoms with Crippen LogP contribution in [-0.4, -0.2) is 51.3 Å². The molecule has 7 nitrogen and oxygen atoms in total. The van der Waals surface area contributed by atoms with Crippen molar-refractivity contribution in [3.8, 4) is 11.5 Å². The summed E-state index contributed by atoms with van der Waals surface area (Å²) in [6.45, 7) is 0.888. The summed E-state index contributed by atoms with van der Waals surface area (Å²) in [5, 5.41) is -0.0119. The first kappa shape index (κ1) is 28.2. The number of pyridine rings is 1. The number of halogens is 4. The molecular formula is C26H25Cl2F2N3O4S. The van der Waals surface area contributed by atoms with E-state index in [0.717, 1.165) is 23.8 Å². The van der Waals surface area contributed by atoms with Gasteiger partial charge in [-0.1, -0.05) is 29.3 Å². The van der Waals surface area contributed by atoms with Crippen LogP contribution < -0.4 is 18.7 Å². The maximum Gasteiger partial charge on any atom is 0.214 e. The van der Waals surface area contributed by atoms with Crippen LogP contribution in [0.3, 0.4) is 0 Å². The van der Waals surface area contributed by atoms with E-state index in [-0.39, 0.29) is 33.7 Å². The Morgan fingerprint density at radius 3 is 2.53 bits per heavy atom. The monoisotopic (exact) mass is 583 g/mol. The number of nitrogens with zero attached hydrogens (tertiary/aromatic N) is 3. The highest BCUT2D eigenvalue weighted by Gasteiger charge is 2.44. The molecule has 2 aromatic carbocycles. The van der Waals surface area contributed by atoms with Crippen molar-refractivity contribution in [1.82, 2.24) is 4.98 Å². The number of ether oxygens (including phenoxy) is 3. The summed E-state index contributed by atoms with van der Waals surface area (Å²) in [7, 11) is 4.60. The summed E-state index contributed by atoms with van der Waals surface area (Å²) in [5.74, 6) is -0.0510. The van der Waals surface area contributed by atoms with E-state index in [9.17, 15) is 9.18 Å².